The molecular weight excluding hydrogens is 394 g/mol. The molecule has 1 aromatic carbocycles. The Morgan fingerprint density at radius 3 is 2.57 bits per heavy atom. The first-order chi connectivity index (χ1) is 14.3. The molecule has 0 aliphatic rings. The van der Waals surface area contributed by atoms with Gasteiger partial charge >= 0.3 is 0 Å². The Bertz CT molecular complexity index is 825. The lowest BCUT2D eigenvalue weighted by molar-refractivity contribution is 0.0951. The largest absolute Gasteiger partial charge is 0.360 e. The second-order valence-electron chi connectivity index (χ2n) is 8.06. The molecule has 0 unspecified atom stereocenters. The number of thioether (sulfide) groups is 1. The van der Waals surface area contributed by atoms with Gasteiger partial charge in [-0.3, -0.25) is 4.79 Å². The Kier molecular flexibility index (Phi) is 9.59. The van der Waals surface area contributed by atoms with Crippen LogP contribution in [0.1, 0.15) is 54.7 Å². The summed E-state index contributed by atoms with van der Waals surface area (Å²) < 4.78 is 0. The van der Waals surface area contributed by atoms with Crippen molar-refractivity contribution >= 4 is 23.5 Å². The zero-order valence-corrected chi connectivity index (χ0v) is 19.9. The number of nitrogens with one attached hydrogen (secondary N) is 1. The summed E-state index contributed by atoms with van der Waals surface area (Å²) in [6.07, 6.45) is 1.07. The summed E-state index contributed by atoms with van der Waals surface area (Å²) >= 11 is 1.61. The molecule has 2 aromatic rings. The number of nitrogens with zero attached hydrogens (tertiary/aromatic N) is 4. The van der Waals surface area contributed by atoms with Crippen molar-refractivity contribution < 1.29 is 4.79 Å². The number of amides is 1. The third-order valence-corrected chi connectivity index (χ3v) is 5.57. The van der Waals surface area contributed by atoms with Gasteiger partial charge in [0.05, 0.1) is 0 Å². The van der Waals surface area contributed by atoms with Crippen molar-refractivity contribution in [3.63, 3.8) is 0 Å². The molecule has 30 heavy (non-hydrogen) atoms. The van der Waals surface area contributed by atoms with Gasteiger partial charge in [0, 0.05) is 49.8 Å². The van der Waals surface area contributed by atoms with Crippen LogP contribution in [0, 0.1) is 0 Å². The minimum Gasteiger partial charge on any atom is -0.360 e. The van der Waals surface area contributed by atoms with Crippen LogP contribution in [0.5, 0.6) is 0 Å². The molecule has 2 rings (SSSR count). The number of benzene rings is 1. The summed E-state index contributed by atoms with van der Waals surface area (Å²) in [4.78, 5) is 26.1. The molecule has 164 valence electrons. The molecule has 1 aromatic heterocycles. The first-order valence-electron chi connectivity index (χ1n) is 10.5. The van der Waals surface area contributed by atoms with Crippen molar-refractivity contribution in [3.05, 3.63) is 47.2 Å². The molecule has 0 aliphatic carbocycles. The molecule has 1 amide bonds. The van der Waals surface area contributed by atoms with E-state index in [4.69, 9.17) is 9.97 Å². The fourth-order valence-corrected chi connectivity index (χ4v) is 3.68. The van der Waals surface area contributed by atoms with Crippen LogP contribution < -0.4 is 10.2 Å². The van der Waals surface area contributed by atoms with Crippen molar-refractivity contribution in [3.8, 4) is 0 Å². The lowest BCUT2D eigenvalue weighted by atomic mass is 10.1. The molecule has 1 heterocycles. The number of rotatable bonds is 11. The molecule has 7 heteroatoms. The highest BCUT2D eigenvalue weighted by atomic mass is 32.2. The Morgan fingerprint density at radius 2 is 1.90 bits per heavy atom. The van der Waals surface area contributed by atoms with E-state index in [1.165, 1.54) is 0 Å². The molecule has 1 N–H and O–H groups in total. The summed E-state index contributed by atoms with van der Waals surface area (Å²) in [5.74, 6) is 1.99. The molecule has 0 spiro atoms. The summed E-state index contributed by atoms with van der Waals surface area (Å²) in [5.41, 5.74) is 2.83. The van der Waals surface area contributed by atoms with Gasteiger partial charge in [0.2, 0.25) is 0 Å². The molecule has 0 saturated carbocycles. The molecule has 0 atom stereocenters. The van der Waals surface area contributed by atoms with E-state index >= 15 is 0 Å². The van der Waals surface area contributed by atoms with E-state index in [0.717, 1.165) is 47.5 Å². The van der Waals surface area contributed by atoms with Gasteiger partial charge in [0.15, 0.2) is 5.16 Å². The predicted molar refractivity (Wildman–Crippen MR) is 127 cm³/mol. The van der Waals surface area contributed by atoms with Crippen LogP contribution in [-0.4, -0.2) is 61.6 Å². The summed E-state index contributed by atoms with van der Waals surface area (Å²) in [6, 6.07) is 9.87. The lowest BCUT2D eigenvalue weighted by Gasteiger charge is -2.19. The van der Waals surface area contributed by atoms with E-state index in [0.29, 0.717) is 18.0 Å². The standard InChI is InChI=1S/C23H35N5OS/c1-7-12-28(6)21-15-20(17(2)3)25-23(26-21)30-16-18-9-8-10-19(14-18)22(29)24-11-13-27(4)5/h8-10,14-15,17H,7,11-13,16H2,1-6H3,(H,24,29). The summed E-state index contributed by atoms with van der Waals surface area (Å²) in [7, 11) is 6.06. The third-order valence-electron chi connectivity index (χ3n) is 4.66. The van der Waals surface area contributed by atoms with E-state index in [1.807, 2.05) is 43.3 Å². The average Bonchev–Trinajstić information content (AvgIpc) is 2.72. The quantitative estimate of drug-likeness (QED) is 0.430. The van der Waals surface area contributed by atoms with Gasteiger partial charge in [-0.25, -0.2) is 9.97 Å². The minimum absolute atomic E-state index is 0.0368. The second-order valence-corrected chi connectivity index (χ2v) is 9.00. The van der Waals surface area contributed by atoms with E-state index in [9.17, 15) is 4.79 Å². The molecular formula is C23H35N5OS. The maximum absolute atomic E-state index is 12.4. The van der Waals surface area contributed by atoms with Crippen LogP contribution in [0.4, 0.5) is 5.82 Å². The van der Waals surface area contributed by atoms with Crippen LogP contribution in [0.25, 0.3) is 0 Å². The maximum atomic E-state index is 12.4. The molecule has 0 radical (unpaired) electrons. The first-order valence-corrected chi connectivity index (χ1v) is 11.5. The van der Waals surface area contributed by atoms with Crippen LogP contribution in [-0.2, 0) is 5.75 Å². The van der Waals surface area contributed by atoms with Crippen LogP contribution in [0.15, 0.2) is 35.5 Å². The number of aromatic nitrogens is 2. The van der Waals surface area contributed by atoms with Gasteiger partial charge in [0.1, 0.15) is 5.82 Å². The van der Waals surface area contributed by atoms with Crippen molar-refractivity contribution in [2.75, 3.05) is 45.7 Å². The maximum Gasteiger partial charge on any atom is 0.251 e. The number of hydrogen-bond acceptors (Lipinski definition) is 6. The lowest BCUT2D eigenvalue weighted by Crippen LogP contribution is -2.31. The SMILES string of the molecule is CCCN(C)c1cc(C(C)C)nc(SCc2cccc(C(=O)NCCN(C)C)c2)n1. The van der Waals surface area contributed by atoms with Crippen LogP contribution >= 0.6 is 11.8 Å². The van der Waals surface area contributed by atoms with Crippen LogP contribution in [0.2, 0.25) is 0 Å². The number of carbonyl (C=O) groups excluding carboxylic acids is 1. The Balaban J connectivity index is 2.08. The van der Waals surface area contributed by atoms with Crippen molar-refractivity contribution in [2.24, 2.45) is 0 Å². The monoisotopic (exact) mass is 429 g/mol. The zero-order valence-electron chi connectivity index (χ0n) is 19.1. The highest BCUT2D eigenvalue weighted by Gasteiger charge is 2.12. The van der Waals surface area contributed by atoms with Crippen molar-refractivity contribution in [2.45, 2.75) is 44.0 Å². The van der Waals surface area contributed by atoms with Gasteiger partial charge in [0.25, 0.3) is 5.91 Å². The second kappa shape index (κ2) is 11.9. The fraction of sp³-hybridized carbons (Fsp3) is 0.522. The van der Waals surface area contributed by atoms with Crippen molar-refractivity contribution in [1.82, 2.24) is 20.2 Å². The van der Waals surface area contributed by atoms with E-state index in [2.05, 4.69) is 44.1 Å². The molecule has 0 aliphatic heterocycles. The number of carbonyl (C=O) groups is 1. The number of hydrogen-bond donors (Lipinski definition) is 1. The van der Waals surface area contributed by atoms with Gasteiger partial charge in [-0.15, -0.1) is 0 Å². The Morgan fingerprint density at radius 1 is 1.13 bits per heavy atom. The molecule has 0 saturated heterocycles. The summed E-state index contributed by atoms with van der Waals surface area (Å²) in [5, 5.41) is 3.74. The first kappa shape index (κ1) is 24.2. The minimum atomic E-state index is -0.0368. The Hall–Kier alpha value is -2.12. The fourth-order valence-electron chi connectivity index (χ4n) is 2.88. The van der Waals surface area contributed by atoms with Crippen LogP contribution in [0.3, 0.4) is 0 Å². The van der Waals surface area contributed by atoms with Gasteiger partial charge in [-0.2, -0.15) is 0 Å². The van der Waals surface area contributed by atoms with Gasteiger partial charge < -0.3 is 15.1 Å². The summed E-state index contributed by atoms with van der Waals surface area (Å²) in [6.45, 7) is 8.88. The highest BCUT2D eigenvalue weighted by Crippen LogP contribution is 2.25. The third kappa shape index (κ3) is 7.61. The predicted octanol–water partition coefficient (Wildman–Crippen LogP) is 4.03. The Labute approximate surface area is 185 Å². The average molecular weight is 430 g/mol. The van der Waals surface area contributed by atoms with Crippen molar-refractivity contribution in [1.29, 1.82) is 0 Å². The molecule has 6 nitrogen and oxygen atoms in total. The van der Waals surface area contributed by atoms with E-state index in [-0.39, 0.29) is 5.91 Å². The smallest absolute Gasteiger partial charge is 0.251 e. The molecule has 0 bridgehead atoms. The van der Waals surface area contributed by atoms with E-state index < -0.39 is 0 Å². The normalized spacial score (nSPS) is 11.2. The molecule has 0 fully saturated rings. The van der Waals surface area contributed by atoms with Gasteiger partial charge in [-0.05, 0) is 44.1 Å². The van der Waals surface area contributed by atoms with Gasteiger partial charge in [-0.1, -0.05) is 44.7 Å². The number of anilines is 1. The topological polar surface area (TPSA) is 61.4 Å². The zero-order chi connectivity index (χ0) is 22.1. The highest BCUT2D eigenvalue weighted by molar-refractivity contribution is 7.98. The van der Waals surface area contributed by atoms with E-state index in [1.54, 1.807) is 11.8 Å². The number of likely N-dealkylation sites (N-methyl/N-ethyl adjacent to an activating group) is 1.